The molecule has 3 aromatic heterocycles. The molecule has 0 atom stereocenters. The number of aromatic nitrogens is 4. The Balaban J connectivity index is 1.27. The van der Waals surface area contributed by atoms with Gasteiger partial charge in [-0.3, -0.25) is 0 Å². The third-order valence-corrected chi connectivity index (χ3v) is 5.36. The van der Waals surface area contributed by atoms with E-state index in [1.807, 2.05) is 48.5 Å². The summed E-state index contributed by atoms with van der Waals surface area (Å²) >= 11 is 1.66. The summed E-state index contributed by atoms with van der Waals surface area (Å²) in [5, 5.41) is 15.5. The molecule has 6 nitrogen and oxygen atoms in total. The van der Waals surface area contributed by atoms with E-state index in [0.29, 0.717) is 23.9 Å². The molecule has 0 bridgehead atoms. The van der Waals surface area contributed by atoms with Crippen molar-refractivity contribution in [2.75, 3.05) is 5.32 Å². The molecule has 0 radical (unpaired) electrons. The smallest absolute Gasteiger partial charge is 0.243 e. The standard InChI is InChI=1S/C22H17N5OS/c1-2-6-15(7-3-1)10-21-25-17(14-29-21)12-23-22-26-18(13-24-27-22)20-11-16-8-4-5-9-19(16)28-20/h1-9,11,13-14H,10,12H2,(H,23,26,27). The number of thiazole rings is 1. The fraction of sp³-hybridized carbons (Fsp3) is 0.0909. The molecule has 0 amide bonds. The predicted octanol–water partition coefficient (Wildman–Crippen LogP) is 4.94. The first-order valence-electron chi connectivity index (χ1n) is 9.23. The Bertz CT molecular complexity index is 1220. The largest absolute Gasteiger partial charge is 0.454 e. The van der Waals surface area contributed by atoms with E-state index in [2.05, 4.69) is 38.0 Å². The molecular formula is C22H17N5OS. The topological polar surface area (TPSA) is 76.7 Å². The number of nitrogens with zero attached hydrogens (tertiary/aromatic N) is 4. The number of nitrogens with one attached hydrogen (secondary N) is 1. The molecule has 0 aliphatic heterocycles. The lowest BCUT2D eigenvalue weighted by Gasteiger charge is -2.03. The summed E-state index contributed by atoms with van der Waals surface area (Å²) in [6, 6.07) is 20.2. The molecule has 7 heteroatoms. The van der Waals surface area contributed by atoms with Crippen LogP contribution in [-0.2, 0) is 13.0 Å². The molecule has 5 rings (SSSR count). The van der Waals surface area contributed by atoms with E-state index >= 15 is 0 Å². The molecule has 0 spiro atoms. The minimum atomic E-state index is 0.445. The highest BCUT2D eigenvalue weighted by molar-refractivity contribution is 7.09. The van der Waals surface area contributed by atoms with Gasteiger partial charge in [-0.2, -0.15) is 5.10 Å². The molecule has 142 valence electrons. The van der Waals surface area contributed by atoms with Crippen molar-refractivity contribution in [3.05, 3.63) is 88.5 Å². The minimum absolute atomic E-state index is 0.445. The molecule has 0 fully saturated rings. The second-order valence-corrected chi connectivity index (χ2v) is 7.50. The van der Waals surface area contributed by atoms with E-state index in [1.54, 1.807) is 17.5 Å². The maximum absolute atomic E-state index is 5.86. The van der Waals surface area contributed by atoms with Crippen molar-refractivity contribution in [3.63, 3.8) is 0 Å². The molecule has 2 aromatic carbocycles. The first kappa shape index (κ1) is 17.5. The van der Waals surface area contributed by atoms with E-state index in [1.165, 1.54) is 5.56 Å². The lowest BCUT2D eigenvalue weighted by molar-refractivity contribution is 0.627. The summed E-state index contributed by atoms with van der Waals surface area (Å²) in [4.78, 5) is 9.22. The summed E-state index contributed by atoms with van der Waals surface area (Å²) < 4.78 is 5.86. The van der Waals surface area contributed by atoms with Crippen LogP contribution in [0.2, 0.25) is 0 Å². The molecule has 0 saturated carbocycles. The number of hydrogen-bond donors (Lipinski definition) is 1. The maximum atomic E-state index is 5.86. The Kier molecular flexibility index (Phi) is 4.72. The van der Waals surface area contributed by atoms with Crippen LogP contribution < -0.4 is 5.32 Å². The zero-order valence-corrected chi connectivity index (χ0v) is 16.3. The molecule has 0 aliphatic rings. The molecule has 3 heterocycles. The van der Waals surface area contributed by atoms with Crippen molar-refractivity contribution in [3.8, 4) is 11.5 Å². The number of anilines is 1. The van der Waals surface area contributed by atoms with Gasteiger partial charge in [0.15, 0.2) is 5.76 Å². The van der Waals surface area contributed by atoms with E-state index in [0.717, 1.165) is 28.1 Å². The second-order valence-electron chi connectivity index (χ2n) is 6.56. The maximum Gasteiger partial charge on any atom is 0.243 e. The third-order valence-electron chi connectivity index (χ3n) is 4.46. The number of benzene rings is 2. The van der Waals surface area contributed by atoms with Crippen LogP contribution in [0.5, 0.6) is 0 Å². The Labute approximate surface area is 171 Å². The lowest BCUT2D eigenvalue weighted by Crippen LogP contribution is -2.05. The van der Waals surface area contributed by atoms with Gasteiger partial charge in [-0.25, -0.2) is 9.97 Å². The molecule has 0 unspecified atom stereocenters. The van der Waals surface area contributed by atoms with Crippen molar-refractivity contribution in [2.24, 2.45) is 0 Å². The number of para-hydroxylation sites is 1. The Morgan fingerprint density at radius 2 is 1.83 bits per heavy atom. The van der Waals surface area contributed by atoms with Crippen LogP contribution in [0.15, 0.2) is 76.7 Å². The van der Waals surface area contributed by atoms with E-state index in [9.17, 15) is 0 Å². The molecule has 29 heavy (non-hydrogen) atoms. The summed E-state index contributed by atoms with van der Waals surface area (Å²) in [6.07, 6.45) is 2.44. The summed E-state index contributed by atoms with van der Waals surface area (Å²) in [6.45, 7) is 0.538. The number of fused-ring (bicyclic) bond motifs is 1. The third kappa shape index (κ3) is 4.00. The zero-order chi connectivity index (χ0) is 19.5. The van der Waals surface area contributed by atoms with Crippen molar-refractivity contribution < 1.29 is 4.42 Å². The highest BCUT2D eigenvalue weighted by Gasteiger charge is 2.10. The summed E-state index contributed by atoms with van der Waals surface area (Å²) in [5.41, 5.74) is 3.68. The summed E-state index contributed by atoms with van der Waals surface area (Å²) in [7, 11) is 0. The van der Waals surface area contributed by atoms with Gasteiger partial charge in [-0.15, -0.1) is 16.4 Å². The fourth-order valence-electron chi connectivity index (χ4n) is 3.06. The average molecular weight is 399 g/mol. The van der Waals surface area contributed by atoms with Crippen molar-refractivity contribution in [2.45, 2.75) is 13.0 Å². The van der Waals surface area contributed by atoms with Gasteiger partial charge in [0.2, 0.25) is 5.95 Å². The van der Waals surface area contributed by atoms with E-state index < -0.39 is 0 Å². The first-order valence-corrected chi connectivity index (χ1v) is 10.1. The number of rotatable bonds is 6. The van der Waals surface area contributed by atoms with Crippen LogP contribution in [0.3, 0.4) is 0 Å². The number of hydrogen-bond acceptors (Lipinski definition) is 7. The predicted molar refractivity (Wildman–Crippen MR) is 114 cm³/mol. The molecule has 1 N–H and O–H groups in total. The van der Waals surface area contributed by atoms with Crippen LogP contribution in [0.4, 0.5) is 5.95 Å². The SMILES string of the molecule is c1ccc(Cc2nc(CNc3nncc(-c4cc5ccccc5o4)n3)cs2)cc1. The minimum Gasteiger partial charge on any atom is -0.454 e. The van der Waals surface area contributed by atoms with Crippen LogP contribution >= 0.6 is 11.3 Å². The van der Waals surface area contributed by atoms with Gasteiger partial charge >= 0.3 is 0 Å². The van der Waals surface area contributed by atoms with Crippen molar-refractivity contribution in [1.29, 1.82) is 0 Å². The van der Waals surface area contributed by atoms with Crippen LogP contribution in [0.25, 0.3) is 22.4 Å². The van der Waals surface area contributed by atoms with Gasteiger partial charge in [-0.05, 0) is 17.7 Å². The molecular weight excluding hydrogens is 382 g/mol. The highest BCUT2D eigenvalue weighted by Crippen LogP contribution is 2.26. The van der Waals surface area contributed by atoms with E-state index in [-0.39, 0.29) is 0 Å². The molecule has 5 aromatic rings. The zero-order valence-electron chi connectivity index (χ0n) is 15.4. The highest BCUT2D eigenvalue weighted by atomic mass is 32.1. The van der Waals surface area contributed by atoms with Crippen LogP contribution in [0, 0.1) is 0 Å². The lowest BCUT2D eigenvalue weighted by atomic mass is 10.2. The average Bonchev–Trinajstić information content (AvgIpc) is 3.40. The van der Waals surface area contributed by atoms with E-state index in [4.69, 9.17) is 9.40 Å². The Morgan fingerprint density at radius 3 is 2.72 bits per heavy atom. The van der Waals surface area contributed by atoms with Crippen LogP contribution in [0.1, 0.15) is 16.3 Å². The fourth-order valence-corrected chi connectivity index (χ4v) is 3.88. The van der Waals surface area contributed by atoms with Crippen molar-refractivity contribution in [1.82, 2.24) is 20.2 Å². The Morgan fingerprint density at radius 1 is 0.966 bits per heavy atom. The van der Waals surface area contributed by atoms with Crippen molar-refractivity contribution >= 4 is 28.3 Å². The number of furan rings is 1. The van der Waals surface area contributed by atoms with Gasteiger partial charge in [0.05, 0.1) is 23.4 Å². The molecule has 0 aliphatic carbocycles. The van der Waals surface area contributed by atoms with Gasteiger partial charge in [0.1, 0.15) is 11.3 Å². The van der Waals surface area contributed by atoms with Gasteiger partial charge < -0.3 is 9.73 Å². The normalized spacial score (nSPS) is 11.0. The second kappa shape index (κ2) is 7.81. The van der Waals surface area contributed by atoms with Gasteiger partial charge in [-0.1, -0.05) is 48.5 Å². The first-order chi connectivity index (χ1) is 14.3. The van der Waals surface area contributed by atoms with Gasteiger partial charge in [0.25, 0.3) is 0 Å². The summed E-state index contributed by atoms with van der Waals surface area (Å²) in [5.74, 6) is 1.11. The van der Waals surface area contributed by atoms with Crippen LogP contribution in [-0.4, -0.2) is 20.2 Å². The monoisotopic (exact) mass is 399 g/mol. The van der Waals surface area contributed by atoms with Gasteiger partial charge in [0, 0.05) is 17.2 Å². The Hall–Kier alpha value is -3.58. The quantitative estimate of drug-likeness (QED) is 0.436. The molecule has 0 saturated heterocycles.